The van der Waals surface area contributed by atoms with Gasteiger partial charge in [0.15, 0.2) is 0 Å². The normalized spacial score (nSPS) is 20.1. The molecule has 7 nitrogen and oxygen atoms in total. The highest BCUT2D eigenvalue weighted by molar-refractivity contribution is 5.91. The number of para-hydroxylation sites is 1. The van der Waals surface area contributed by atoms with E-state index >= 15 is 0 Å². The zero-order valence-corrected chi connectivity index (χ0v) is 18.7. The highest BCUT2D eigenvalue weighted by atomic mass is 16.6. The Morgan fingerprint density at radius 3 is 2.48 bits per heavy atom. The first-order valence-corrected chi connectivity index (χ1v) is 11.2. The van der Waals surface area contributed by atoms with Gasteiger partial charge in [0.1, 0.15) is 5.60 Å². The molecular weight excluding hydrogens is 392 g/mol. The van der Waals surface area contributed by atoms with Gasteiger partial charge in [0.05, 0.1) is 11.4 Å². The quantitative estimate of drug-likeness (QED) is 0.738. The van der Waals surface area contributed by atoms with Gasteiger partial charge in [-0.15, -0.1) is 0 Å². The molecule has 7 heteroatoms. The van der Waals surface area contributed by atoms with E-state index in [-0.39, 0.29) is 17.9 Å². The minimum Gasteiger partial charge on any atom is -0.444 e. The zero-order chi connectivity index (χ0) is 22.0. The van der Waals surface area contributed by atoms with E-state index in [0.717, 1.165) is 36.8 Å². The molecular formula is C24H32N4O3. The van der Waals surface area contributed by atoms with Crippen LogP contribution in [-0.2, 0) is 9.53 Å². The van der Waals surface area contributed by atoms with E-state index in [1.165, 1.54) is 5.69 Å². The molecule has 0 spiro atoms. The molecule has 0 unspecified atom stereocenters. The molecule has 0 bridgehead atoms. The van der Waals surface area contributed by atoms with Crippen molar-refractivity contribution in [3.05, 3.63) is 36.5 Å². The molecule has 2 aromatic rings. The van der Waals surface area contributed by atoms with Crippen molar-refractivity contribution in [2.24, 2.45) is 5.92 Å². The number of aromatic nitrogens is 1. The van der Waals surface area contributed by atoms with Crippen molar-refractivity contribution in [2.45, 2.75) is 39.2 Å². The van der Waals surface area contributed by atoms with Crippen molar-refractivity contribution in [3.8, 4) is 0 Å². The number of hydrogen-bond acceptors (Lipinski definition) is 5. The molecule has 2 saturated heterocycles. The molecule has 3 heterocycles. The Hall–Kier alpha value is -2.83. The van der Waals surface area contributed by atoms with E-state index in [4.69, 9.17) is 4.74 Å². The predicted molar refractivity (Wildman–Crippen MR) is 121 cm³/mol. The first-order valence-electron chi connectivity index (χ1n) is 11.2. The van der Waals surface area contributed by atoms with Crippen molar-refractivity contribution >= 4 is 28.6 Å². The number of hydrogen-bond donors (Lipinski definition) is 0. The average Bonchev–Trinajstić information content (AvgIpc) is 2.77. The average molecular weight is 425 g/mol. The number of nitrogens with zero attached hydrogens (tertiary/aromatic N) is 4. The van der Waals surface area contributed by atoms with Crippen LogP contribution in [0, 0.1) is 5.92 Å². The minimum absolute atomic E-state index is 0.144. The second-order valence-corrected chi connectivity index (χ2v) is 9.43. The predicted octanol–water partition coefficient (Wildman–Crippen LogP) is 3.53. The van der Waals surface area contributed by atoms with Gasteiger partial charge in [-0.1, -0.05) is 18.2 Å². The molecule has 166 valence electrons. The van der Waals surface area contributed by atoms with Crippen LogP contribution < -0.4 is 4.90 Å². The molecule has 0 saturated carbocycles. The number of anilines is 1. The van der Waals surface area contributed by atoms with E-state index in [1.807, 2.05) is 50.1 Å². The molecule has 1 atom stereocenters. The molecule has 2 amide bonds. The SMILES string of the molecule is CC(C)(C)OC(=O)N1CCC[C@H](C(=O)N2CCN(c3ccnc4ccccc34)CC2)C1. The highest BCUT2D eigenvalue weighted by Gasteiger charge is 2.34. The summed E-state index contributed by atoms with van der Waals surface area (Å²) in [6, 6.07) is 10.2. The van der Waals surface area contributed by atoms with Crippen molar-refractivity contribution in [1.29, 1.82) is 0 Å². The van der Waals surface area contributed by atoms with E-state index in [2.05, 4.69) is 22.0 Å². The van der Waals surface area contributed by atoms with Crippen LogP contribution in [0.15, 0.2) is 36.5 Å². The van der Waals surface area contributed by atoms with Crippen LogP contribution in [0.2, 0.25) is 0 Å². The van der Waals surface area contributed by atoms with Crippen LogP contribution in [0.4, 0.5) is 10.5 Å². The van der Waals surface area contributed by atoms with Crippen molar-refractivity contribution in [1.82, 2.24) is 14.8 Å². The lowest BCUT2D eigenvalue weighted by Crippen LogP contribution is -2.53. The maximum absolute atomic E-state index is 13.2. The number of rotatable bonds is 2. The number of carbonyl (C=O) groups is 2. The van der Waals surface area contributed by atoms with Crippen molar-refractivity contribution < 1.29 is 14.3 Å². The lowest BCUT2D eigenvalue weighted by molar-refractivity contribution is -0.137. The largest absolute Gasteiger partial charge is 0.444 e. The third-order valence-electron chi connectivity index (χ3n) is 5.98. The Balaban J connectivity index is 1.36. The first kappa shape index (κ1) is 21.4. The summed E-state index contributed by atoms with van der Waals surface area (Å²) in [5.41, 5.74) is 1.64. The Morgan fingerprint density at radius 1 is 1.00 bits per heavy atom. The number of piperazine rings is 1. The van der Waals surface area contributed by atoms with Crippen LogP contribution in [0.1, 0.15) is 33.6 Å². The van der Waals surface area contributed by atoms with Gasteiger partial charge < -0.3 is 19.4 Å². The third kappa shape index (κ3) is 4.92. The van der Waals surface area contributed by atoms with E-state index in [0.29, 0.717) is 26.2 Å². The van der Waals surface area contributed by atoms with Gasteiger partial charge in [0, 0.05) is 56.5 Å². The molecule has 1 aromatic heterocycles. The number of benzene rings is 1. The number of ether oxygens (including phenoxy) is 1. The molecule has 0 radical (unpaired) electrons. The van der Waals surface area contributed by atoms with E-state index < -0.39 is 5.60 Å². The van der Waals surface area contributed by atoms with Gasteiger partial charge in [-0.05, 0) is 45.7 Å². The van der Waals surface area contributed by atoms with Crippen LogP contribution in [0.25, 0.3) is 10.9 Å². The third-order valence-corrected chi connectivity index (χ3v) is 5.98. The van der Waals surface area contributed by atoms with Crippen LogP contribution in [0.3, 0.4) is 0 Å². The molecule has 31 heavy (non-hydrogen) atoms. The standard InChI is InChI=1S/C24H32N4O3/c1-24(2,3)31-23(30)28-12-6-7-18(17-28)22(29)27-15-13-26(14-16-27)21-10-11-25-20-9-5-4-8-19(20)21/h4-5,8-11,18H,6-7,12-17H2,1-3H3/t18-/m0/s1. The van der Waals surface area contributed by atoms with Crippen molar-refractivity contribution in [2.75, 3.05) is 44.2 Å². The smallest absolute Gasteiger partial charge is 0.410 e. The Kier molecular flexibility index (Phi) is 6.03. The summed E-state index contributed by atoms with van der Waals surface area (Å²) in [6.45, 7) is 9.67. The van der Waals surface area contributed by atoms with Gasteiger partial charge in [0.2, 0.25) is 5.91 Å². The van der Waals surface area contributed by atoms with Crippen LogP contribution in [0.5, 0.6) is 0 Å². The molecule has 2 aliphatic rings. The molecule has 1 aromatic carbocycles. The summed E-state index contributed by atoms with van der Waals surface area (Å²) in [4.78, 5) is 36.1. The maximum atomic E-state index is 13.2. The minimum atomic E-state index is -0.526. The van der Waals surface area contributed by atoms with Crippen molar-refractivity contribution in [3.63, 3.8) is 0 Å². The lowest BCUT2D eigenvalue weighted by atomic mass is 9.96. The highest BCUT2D eigenvalue weighted by Crippen LogP contribution is 2.27. The number of pyridine rings is 1. The Labute approximate surface area is 184 Å². The number of likely N-dealkylation sites (tertiary alicyclic amines) is 1. The number of amides is 2. The number of piperidine rings is 1. The van der Waals surface area contributed by atoms with Gasteiger partial charge in [-0.25, -0.2) is 4.79 Å². The second-order valence-electron chi connectivity index (χ2n) is 9.43. The van der Waals surface area contributed by atoms with E-state index in [1.54, 1.807) is 4.90 Å². The second kappa shape index (κ2) is 8.73. The summed E-state index contributed by atoms with van der Waals surface area (Å²) in [6.07, 6.45) is 3.19. The fraction of sp³-hybridized carbons (Fsp3) is 0.542. The van der Waals surface area contributed by atoms with E-state index in [9.17, 15) is 9.59 Å². The Bertz CT molecular complexity index is 942. The lowest BCUT2D eigenvalue weighted by Gasteiger charge is -2.40. The molecule has 0 aliphatic carbocycles. The zero-order valence-electron chi connectivity index (χ0n) is 18.7. The fourth-order valence-electron chi connectivity index (χ4n) is 4.45. The van der Waals surface area contributed by atoms with Gasteiger partial charge in [-0.3, -0.25) is 9.78 Å². The topological polar surface area (TPSA) is 66.0 Å². The summed E-state index contributed by atoms with van der Waals surface area (Å²) in [5, 5.41) is 1.14. The summed E-state index contributed by atoms with van der Waals surface area (Å²) >= 11 is 0. The van der Waals surface area contributed by atoms with Gasteiger partial charge in [-0.2, -0.15) is 0 Å². The van der Waals surface area contributed by atoms with Crippen LogP contribution in [-0.4, -0.2) is 71.7 Å². The Morgan fingerprint density at radius 2 is 1.74 bits per heavy atom. The first-order chi connectivity index (χ1) is 14.8. The van der Waals surface area contributed by atoms with Gasteiger partial charge in [0.25, 0.3) is 0 Å². The van der Waals surface area contributed by atoms with Gasteiger partial charge >= 0.3 is 6.09 Å². The maximum Gasteiger partial charge on any atom is 0.410 e. The monoisotopic (exact) mass is 424 g/mol. The molecule has 4 rings (SSSR count). The number of fused-ring (bicyclic) bond motifs is 1. The molecule has 2 aliphatic heterocycles. The summed E-state index contributed by atoms with van der Waals surface area (Å²) in [7, 11) is 0. The van der Waals surface area contributed by atoms with Crippen LogP contribution >= 0.6 is 0 Å². The fourth-order valence-corrected chi connectivity index (χ4v) is 4.45. The molecule has 0 N–H and O–H groups in total. The number of carbonyl (C=O) groups excluding carboxylic acids is 2. The summed E-state index contributed by atoms with van der Waals surface area (Å²) in [5.74, 6) is 0.0158. The summed E-state index contributed by atoms with van der Waals surface area (Å²) < 4.78 is 5.50. The molecule has 2 fully saturated rings.